The highest BCUT2D eigenvalue weighted by Crippen LogP contribution is 2.35. The summed E-state index contributed by atoms with van der Waals surface area (Å²) in [5.74, 6) is -1.09. The highest BCUT2D eigenvalue weighted by molar-refractivity contribution is 6.03. The number of carbonyl (C=O) groups is 2. The summed E-state index contributed by atoms with van der Waals surface area (Å²) in [6, 6.07) is 19.7. The molecular formula is C24H22N2O5. The Morgan fingerprint density at radius 3 is 2.35 bits per heavy atom. The van der Waals surface area contributed by atoms with Crippen molar-refractivity contribution in [1.29, 1.82) is 0 Å². The second-order valence-corrected chi connectivity index (χ2v) is 7.01. The third-order valence-electron chi connectivity index (χ3n) is 4.96. The molecule has 0 bridgehead atoms. The first kappa shape index (κ1) is 21.7. The summed E-state index contributed by atoms with van der Waals surface area (Å²) in [5, 5.41) is 14.3. The molecule has 158 valence electrons. The molecule has 31 heavy (non-hydrogen) atoms. The minimum atomic E-state index is -0.903. The number of hydrogen-bond acceptors (Lipinski definition) is 5. The molecule has 1 atom stereocenters. The summed E-state index contributed by atoms with van der Waals surface area (Å²) < 4.78 is 4.86. The number of nitrogens with one attached hydrogen (secondary N) is 1. The Morgan fingerprint density at radius 1 is 1.00 bits per heavy atom. The van der Waals surface area contributed by atoms with Crippen LogP contribution < -0.4 is 5.32 Å². The van der Waals surface area contributed by atoms with Gasteiger partial charge in [0.1, 0.15) is 6.04 Å². The number of hydrogen-bond donors (Lipinski definition) is 1. The van der Waals surface area contributed by atoms with Crippen molar-refractivity contribution in [2.45, 2.75) is 19.4 Å². The van der Waals surface area contributed by atoms with Crippen LogP contribution in [-0.2, 0) is 16.0 Å². The smallest absolute Gasteiger partial charge is 0.328 e. The lowest BCUT2D eigenvalue weighted by atomic mass is 9.93. The topological polar surface area (TPSA) is 98.5 Å². The number of nitro groups is 1. The number of nitro benzene ring substituents is 1. The quantitative estimate of drug-likeness (QED) is 0.354. The number of carbonyl (C=O) groups excluding carboxylic acids is 2. The van der Waals surface area contributed by atoms with E-state index in [4.69, 9.17) is 4.74 Å². The van der Waals surface area contributed by atoms with Gasteiger partial charge in [-0.2, -0.15) is 0 Å². The zero-order valence-corrected chi connectivity index (χ0v) is 17.2. The van der Waals surface area contributed by atoms with Crippen molar-refractivity contribution in [1.82, 2.24) is 5.32 Å². The summed E-state index contributed by atoms with van der Waals surface area (Å²) in [6.07, 6.45) is 0.256. The molecule has 3 aromatic carbocycles. The molecule has 0 aliphatic carbocycles. The van der Waals surface area contributed by atoms with Crippen molar-refractivity contribution in [3.05, 3.63) is 99.6 Å². The van der Waals surface area contributed by atoms with Crippen LogP contribution in [0.3, 0.4) is 0 Å². The zero-order chi connectivity index (χ0) is 22.4. The van der Waals surface area contributed by atoms with Gasteiger partial charge in [-0.15, -0.1) is 0 Å². The second-order valence-electron chi connectivity index (χ2n) is 7.01. The van der Waals surface area contributed by atoms with Gasteiger partial charge in [0.15, 0.2) is 0 Å². The monoisotopic (exact) mass is 418 g/mol. The molecule has 1 amide bonds. The molecule has 0 spiro atoms. The van der Waals surface area contributed by atoms with E-state index in [1.807, 2.05) is 30.3 Å². The predicted molar refractivity (Wildman–Crippen MR) is 117 cm³/mol. The fourth-order valence-corrected chi connectivity index (χ4v) is 3.48. The molecule has 7 nitrogen and oxygen atoms in total. The number of amides is 1. The number of benzene rings is 3. The number of nitrogens with zero attached hydrogens (tertiary/aromatic N) is 1. The van der Waals surface area contributed by atoms with E-state index in [1.54, 1.807) is 43.3 Å². The van der Waals surface area contributed by atoms with Gasteiger partial charge >= 0.3 is 5.97 Å². The van der Waals surface area contributed by atoms with Crippen molar-refractivity contribution < 1.29 is 19.2 Å². The van der Waals surface area contributed by atoms with Crippen molar-refractivity contribution in [2.24, 2.45) is 0 Å². The van der Waals surface area contributed by atoms with Gasteiger partial charge in [0.2, 0.25) is 0 Å². The van der Waals surface area contributed by atoms with E-state index >= 15 is 0 Å². The van der Waals surface area contributed by atoms with Crippen LogP contribution in [0.25, 0.3) is 11.1 Å². The van der Waals surface area contributed by atoms with Gasteiger partial charge in [-0.05, 0) is 24.1 Å². The van der Waals surface area contributed by atoms with Gasteiger partial charge in [0.05, 0.1) is 17.6 Å². The average molecular weight is 418 g/mol. The summed E-state index contributed by atoms with van der Waals surface area (Å²) in [6.45, 7) is 1.75. The molecule has 3 rings (SSSR count). The van der Waals surface area contributed by atoms with Gasteiger partial charge in [-0.3, -0.25) is 14.9 Å². The van der Waals surface area contributed by atoms with Crippen LogP contribution in [-0.4, -0.2) is 30.0 Å². The molecule has 1 N–H and O–H groups in total. The molecule has 0 saturated carbocycles. The lowest BCUT2D eigenvalue weighted by molar-refractivity contribution is -0.384. The SMILES string of the molecule is COC(=O)[C@H](Cc1ccccc1)NC(=O)c1ccccc1-c1c(C)cccc1[N+](=O)[O-]. The highest BCUT2D eigenvalue weighted by atomic mass is 16.6. The molecule has 0 aliphatic heterocycles. The first-order valence-corrected chi connectivity index (χ1v) is 9.68. The van der Waals surface area contributed by atoms with E-state index in [0.29, 0.717) is 16.7 Å². The van der Waals surface area contributed by atoms with Crippen LogP contribution in [0.1, 0.15) is 21.5 Å². The standard InChI is InChI=1S/C24H22N2O5/c1-16-9-8-14-21(26(29)30)22(16)18-12-6-7-13-19(18)23(27)25-20(24(28)31-2)15-17-10-4-3-5-11-17/h3-14,20H,15H2,1-2H3,(H,25,27)/t20-/m0/s1. The predicted octanol–water partition coefficient (Wildman–Crippen LogP) is 4.08. The number of aryl methyl sites for hydroxylation is 1. The number of methoxy groups -OCH3 is 1. The van der Waals surface area contributed by atoms with Crippen molar-refractivity contribution in [3.63, 3.8) is 0 Å². The van der Waals surface area contributed by atoms with Gasteiger partial charge < -0.3 is 10.1 Å². The van der Waals surface area contributed by atoms with Gasteiger partial charge in [-0.25, -0.2) is 4.79 Å². The molecular weight excluding hydrogens is 396 g/mol. The minimum Gasteiger partial charge on any atom is -0.467 e. The molecule has 7 heteroatoms. The summed E-state index contributed by atoms with van der Waals surface area (Å²) >= 11 is 0. The molecule has 3 aromatic rings. The largest absolute Gasteiger partial charge is 0.467 e. The third kappa shape index (κ3) is 4.95. The van der Waals surface area contributed by atoms with Crippen LogP contribution in [0.5, 0.6) is 0 Å². The van der Waals surface area contributed by atoms with Crippen molar-refractivity contribution in [2.75, 3.05) is 7.11 Å². The Balaban J connectivity index is 1.98. The Hall–Kier alpha value is -4.00. The summed E-state index contributed by atoms with van der Waals surface area (Å²) in [7, 11) is 1.26. The molecule has 0 aliphatic rings. The molecule has 0 unspecified atom stereocenters. The molecule has 0 saturated heterocycles. The van der Waals surface area contributed by atoms with Gasteiger partial charge in [-0.1, -0.05) is 60.7 Å². The van der Waals surface area contributed by atoms with Crippen LogP contribution in [0, 0.1) is 17.0 Å². The Morgan fingerprint density at radius 2 is 1.68 bits per heavy atom. The summed E-state index contributed by atoms with van der Waals surface area (Å²) in [5.41, 5.74) is 2.48. The maximum atomic E-state index is 13.2. The Bertz CT molecular complexity index is 1110. The van der Waals surface area contributed by atoms with E-state index < -0.39 is 22.8 Å². The average Bonchev–Trinajstić information content (AvgIpc) is 2.78. The molecule has 0 fully saturated rings. The highest BCUT2D eigenvalue weighted by Gasteiger charge is 2.26. The Labute approximate surface area is 179 Å². The second kappa shape index (κ2) is 9.67. The van der Waals surface area contributed by atoms with Gasteiger partial charge in [0, 0.05) is 23.6 Å². The number of ether oxygens (including phenoxy) is 1. The first-order valence-electron chi connectivity index (χ1n) is 9.68. The van der Waals surface area contributed by atoms with E-state index in [2.05, 4.69) is 5.32 Å². The fourth-order valence-electron chi connectivity index (χ4n) is 3.48. The van der Waals surface area contributed by atoms with E-state index in [9.17, 15) is 19.7 Å². The van der Waals surface area contributed by atoms with E-state index in [-0.39, 0.29) is 17.7 Å². The third-order valence-corrected chi connectivity index (χ3v) is 4.96. The van der Waals surface area contributed by atoms with Crippen LogP contribution in [0.4, 0.5) is 5.69 Å². The van der Waals surface area contributed by atoms with E-state index in [1.165, 1.54) is 13.2 Å². The van der Waals surface area contributed by atoms with Crippen molar-refractivity contribution >= 4 is 17.6 Å². The van der Waals surface area contributed by atoms with Gasteiger partial charge in [0.25, 0.3) is 11.6 Å². The summed E-state index contributed by atoms with van der Waals surface area (Å²) in [4.78, 5) is 36.6. The molecule has 0 radical (unpaired) electrons. The first-order chi connectivity index (χ1) is 14.9. The maximum absolute atomic E-state index is 13.2. The number of esters is 1. The minimum absolute atomic E-state index is 0.0888. The van der Waals surface area contributed by atoms with E-state index in [0.717, 1.165) is 5.56 Å². The molecule has 0 aromatic heterocycles. The lowest BCUT2D eigenvalue weighted by Gasteiger charge is -2.18. The maximum Gasteiger partial charge on any atom is 0.328 e. The van der Waals surface area contributed by atoms with Crippen LogP contribution in [0.2, 0.25) is 0 Å². The zero-order valence-electron chi connectivity index (χ0n) is 17.2. The van der Waals surface area contributed by atoms with Crippen LogP contribution >= 0.6 is 0 Å². The van der Waals surface area contributed by atoms with Crippen LogP contribution in [0.15, 0.2) is 72.8 Å². The lowest BCUT2D eigenvalue weighted by Crippen LogP contribution is -2.43. The Kier molecular flexibility index (Phi) is 6.77. The normalized spacial score (nSPS) is 11.4. The van der Waals surface area contributed by atoms with Crippen molar-refractivity contribution in [3.8, 4) is 11.1 Å². The fraction of sp³-hybridized carbons (Fsp3) is 0.167. The number of rotatable bonds is 7. The molecule has 0 heterocycles.